The molecular formula is C22H25N3O6. The van der Waals surface area contributed by atoms with Gasteiger partial charge in [-0.05, 0) is 50.1 Å². The van der Waals surface area contributed by atoms with Crippen LogP contribution in [0.2, 0.25) is 0 Å². The molecule has 2 aromatic carbocycles. The molecule has 1 atom stereocenters. The van der Waals surface area contributed by atoms with E-state index in [0.717, 1.165) is 5.56 Å². The number of nitro groups is 1. The van der Waals surface area contributed by atoms with Gasteiger partial charge in [0.2, 0.25) is 5.91 Å². The zero-order chi connectivity index (χ0) is 22.5. The molecule has 1 aliphatic heterocycles. The summed E-state index contributed by atoms with van der Waals surface area (Å²) in [5.41, 5.74) is 1.45. The first kappa shape index (κ1) is 22.1. The third-order valence-corrected chi connectivity index (χ3v) is 5.40. The maximum absolute atomic E-state index is 13.0. The lowest BCUT2D eigenvalue weighted by Gasteiger charge is -2.24. The molecule has 31 heavy (non-hydrogen) atoms. The van der Waals surface area contributed by atoms with Crippen LogP contribution < -0.4 is 14.8 Å². The average Bonchev–Trinajstić information content (AvgIpc) is 3.26. The van der Waals surface area contributed by atoms with Crippen molar-refractivity contribution in [3.05, 3.63) is 63.2 Å². The van der Waals surface area contributed by atoms with Gasteiger partial charge < -0.3 is 19.7 Å². The maximum Gasteiger partial charge on any atom is 0.272 e. The van der Waals surface area contributed by atoms with Crippen LogP contribution in [0.5, 0.6) is 11.5 Å². The predicted molar refractivity (Wildman–Crippen MR) is 113 cm³/mol. The number of nitrogens with one attached hydrogen (secondary N) is 1. The number of nitrogens with zero attached hydrogens (tertiary/aromatic N) is 2. The van der Waals surface area contributed by atoms with E-state index in [1.54, 1.807) is 39.3 Å². The number of benzene rings is 2. The maximum atomic E-state index is 13.0. The Hall–Kier alpha value is -3.62. The summed E-state index contributed by atoms with van der Waals surface area (Å²) in [6.45, 7) is 2.27. The van der Waals surface area contributed by atoms with E-state index in [-0.39, 0.29) is 24.0 Å². The van der Waals surface area contributed by atoms with Gasteiger partial charge in [-0.3, -0.25) is 19.7 Å². The van der Waals surface area contributed by atoms with Crippen LogP contribution in [0.15, 0.2) is 36.4 Å². The molecule has 2 amide bonds. The van der Waals surface area contributed by atoms with Crippen molar-refractivity contribution in [2.24, 2.45) is 0 Å². The predicted octanol–water partition coefficient (Wildman–Crippen LogP) is 2.84. The monoisotopic (exact) mass is 427 g/mol. The normalized spacial score (nSPS) is 15.5. The summed E-state index contributed by atoms with van der Waals surface area (Å²) in [5.74, 6) is 0.710. The lowest BCUT2D eigenvalue weighted by atomic mass is 10.1. The van der Waals surface area contributed by atoms with Crippen molar-refractivity contribution in [1.82, 2.24) is 10.2 Å². The summed E-state index contributed by atoms with van der Waals surface area (Å²) < 4.78 is 10.6. The summed E-state index contributed by atoms with van der Waals surface area (Å²) in [5, 5.41) is 13.9. The molecule has 0 radical (unpaired) electrons. The average molecular weight is 427 g/mol. The molecule has 1 heterocycles. The first-order chi connectivity index (χ1) is 14.8. The Kier molecular flexibility index (Phi) is 6.74. The molecule has 1 aliphatic rings. The van der Waals surface area contributed by atoms with Gasteiger partial charge in [0.25, 0.3) is 11.6 Å². The van der Waals surface area contributed by atoms with Gasteiger partial charge in [-0.15, -0.1) is 0 Å². The van der Waals surface area contributed by atoms with Crippen molar-refractivity contribution >= 4 is 17.5 Å². The van der Waals surface area contributed by atoms with E-state index < -0.39 is 11.0 Å². The number of nitro benzene ring substituents is 1. The molecule has 0 spiro atoms. The van der Waals surface area contributed by atoms with Crippen LogP contribution in [0.25, 0.3) is 0 Å². The molecule has 1 fully saturated rings. The van der Waals surface area contributed by atoms with Crippen molar-refractivity contribution in [2.45, 2.75) is 32.4 Å². The SMILES string of the molecule is COc1ccc(OC)c(CNC(=O)C2CCCN2C(=O)c2ccc([N+](=O)[O-])c(C)c2)c1. The topological polar surface area (TPSA) is 111 Å². The minimum atomic E-state index is -0.598. The summed E-state index contributed by atoms with van der Waals surface area (Å²) in [4.78, 5) is 37.9. The number of carbonyl (C=O) groups excluding carboxylic acids is 2. The molecule has 1 saturated heterocycles. The van der Waals surface area contributed by atoms with Gasteiger partial charge in [-0.2, -0.15) is 0 Å². The minimum Gasteiger partial charge on any atom is -0.497 e. The van der Waals surface area contributed by atoms with Gasteiger partial charge in [0.1, 0.15) is 17.5 Å². The van der Waals surface area contributed by atoms with Crippen molar-refractivity contribution in [3.63, 3.8) is 0 Å². The van der Waals surface area contributed by atoms with Crippen LogP contribution in [0.3, 0.4) is 0 Å². The summed E-state index contributed by atoms with van der Waals surface area (Å²) >= 11 is 0. The number of carbonyl (C=O) groups is 2. The summed E-state index contributed by atoms with van der Waals surface area (Å²) in [6, 6.07) is 8.98. The highest BCUT2D eigenvalue weighted by atomic mass is 16.6. The highest BCUT2D eigenvalue weighted by molar-refractivity contribution is 5.98. The zero-order valence-electron chi connectivity index (χ0n) is 17.7. The third-order valence-electron chi connectivity index (χ3n) is 5.40. The van der Waals surface area contributed by atoms with Crippen molar-refractivity contribution in [2.75, 3.05) is 20.8 Å². The number of hydrogen-bond acceptors (Lipinski definition) is 6. The smallest absolute Gasteiger partial charge is 0.272 e. The quantitative estimate of drug-likeness (QED) is 0.537. The molecule has 0 bridgehead atoms. The van der Waals surface area contributed by atoms with Crippen LogP contribution in [0.4, 0.5) is 5.69 Å². The second-order valence-electron chi connectivity index (χ2n) is 7.31. The molecule has 2 aromatic rings. The Morgan fingerprint density at radius 2 is 1.97 bits per heavy atom. The number of likely N-dealkylation sites (tertiary alicyclic amines) is 1. The molecule has 0 aromatic heterocycles. The Balaban J connectivity index is 1.71. The Morgan fingerprint density at radius 3 is 2.61 bits per heavy atom. The number of ether oxygens (including phenoxy) is 2. The molecule has 9 heteroatoms. The van der Waals surface area contributed by atoms with Gasteiger partial charge in [-0.1, -0.05) is 0 Å². The summed E-state index contributed by atoms with van der Waals surface area (Å²) in [7, 11) is 3.11. The Bertz CT molecular complexity index is 1010. The highest BCUT2D eigenvalue weighted by Crippen LogP contribution is 2.26. The lowest BCUT2D eigenvalue weighted by Crippen LogP contribution is -2.45. The number of aryl methyl sites for hydroxylation is 1. The lowest BCUT2D eigenvalue weighted by molar-refractivity contribution is -0.385. The molecule has 3 rings (SSSR count). The standard InChI is InChI=1S/C22H25N3O6/c1-14-11-15(6-8-18(14)25(28)29)22(27)24-10-4-5-19(24)21(26)23-13-16-12-17(30-2)7-9-20(16)31-3/h6-9,11-12,19H,4-5,10,13H2,1-3H3,(H,23,26). The molecule has 1 N–H and O–H groups in total. The second-order valence-corrected chi connectivity index (χ2v) is 7.31. The fourth-order valence-electron chi connectivity index (χ4n) is 3.76. The van der Waals surface area contributed by atoms with Crippen LogP contribution >= 0.6 is 0 Å². The first-order valence-corrected chi connectivity index (χ1v) is 9.90. The molecule has 1 unspecified atom stereocenters. The van der Waals surface area contributed by atoms with E-state index in [9.17, 15) is 19.7 Å². The zero-order valence-corrected chi connectivity index (χ0v) is 17.7. The Morgan fingerprint density at radius 1 is 1.19 bits per heavy atom. The molecular weight excluding hydrogens is 402 g/mol. The highest BCUT2D eigenvalue weighted by Gasteiger charge is 2.34. The van der Waals surface area contributed by atoms with Crippen LogP contribution in [0.1, 0.15) is 34.3 Å². The van der Waals surface area contributed by atoms with Crippen molar-refractivity contribution in [3.8, 4) is 11.5 Å². The van der Waals surface area contributed by atoms with E-state index in [1.807, 2.05) is 0 Å². The van der Waals surface area contributed by atoms with Gasteiger partial charge in [0, 0.05) is 35.8 Å². The molecule has 0 aliphatic carbocycles. The van der Waals surface area contributed by atoms with Gasteiger partial charge >= 0.3 is 0 Å². The Labute approximate surface area is 180 Å². The fraction of sp³-hybridized carbons (Fsp3) is 0.364. The number of rotatable bonds is 7. The molecule has 0 saturated carbocycles. The fourth-order valence-corrected chi connectivity index (χ4v) is 3.76. The van der Waals surface area contributed by atoms with Crippen LogP contribution in [-0.2, 0) is 11.3 Å². The number of methoxy groups -OCH3 is 2. The van der Waals surface area contributed by atoms with E-state index in [1.165, 1.54) is 23.1 Å². The van der Waals surface area contributed by atoms with E-state index >= 15 is 0 Å². The van der Waals surface area contributed by atoms with E-state index in [2.05, 4.69) is 5.32 Å². The number of amides is 2. The van der Waals surface area contributed by atoms with Gasteiger partial charge in [-0.25, -0.2) is 0 Å². The van der Waals surface area contributed by atoms with Gasteiger partial charge in [0.05, 0.1) is 19.1 Å². The molecule has 9 nitrogen and oxygen atoms in total. The molecule has 164 valence electrons. The number of hydrogen-bond donors (Lipinski definition) is 1. The van der Waals surface area contributed by atoms with Crippen LogP contribution in [0, 0.1) is 17.0 Å². The van der Waals surface area contributed by atoms with Crippen LogP contribution in [-0.4, -0.2) is 48.4 Å². The summed E-state index contributed by atoms with van der Waals surface area (Å²) in [6.07, 6.45) is 1.26. The largest absolute Gasteiger partial charge is 0.497 e. The van der Waals surface area contributed by atoms with E-state index in [0.29, 0.717) is 42.0 Å². The third kappa shape index (κ3) is 4.76. The van der Waals surface area contributed by atoms with E-state index in [4.69, 9.17) is 9.47 Å². The van der Waals surface area contributed by atoms with Crippen molar-refractivity contribution in [1.29, 1.82) is 0 Å². The minimum absolute atomic E-state index is 0.0421. The van der Waals surface area contributed by atoms with Crippen molar-refractivity contribution < 1.29 is 24.0 Å². The van der Waals surface area contributed by atoms with Gasteiger partial charge in [0.15, 0.2) is 0 Å². The second kappa shape index (κ2) is 9.46. The first-order valence-electron chi connectivity index (χ1n) is 9.90.